The highest BCUT2D eigenvalue weighted by Gasteiger charge is 2.77. The van der Waals surface area contributed by atoms with Gasteiger partial charge >= 0.3 is 0 Å². The molecule has 0 aromatic heterocycles. The first-order chi connectivity index (χ1) is 18.9. The number of epoxide rings is 1. The molecule has 2 spiro atoms. The van der Waals surface area contributed by atoms with Crippen molar-refractivity contribution >= 4 is 23.7 Å². The Labute approximate surface area is 229 Å². The fourth-order valence-corrected chi connectivity index (χ4v) is 9.22. The van der Waals surface area contributed by atoms with E-state index in [-0.39, 0.29) is 46.8 Å². The van der Waals surface area contributed by atoms with Crippen LogP contribution in [0.25, 0.3) is 0 Å². The van der Waals surface area contributed by atoms with E-state index >= 15 is 0 Å². The normalized spacial score (nSPS) is 37.9. The summed E-state index contributed by atoms with van der Waals surface area (Å²) in [4.78, 5) is 33.4. The molecule has 6 aliphatic rings. The zero-order chi connectivity index (χ0) is 26.7. The van der Waals surface area contributed by atoms with E-state index in [1.165, 1.54) is 16.7 Å². The molecule has 0 radical (unpaired) electrons. The highest BCUT2D eigenvalue weighted by atomic mass is 16.6. The predicted octanol–water partition coefficient (Wildman–Crippen LogP) is 4.22. The molecule has 1 unspecified atom stereocenters. The molecule has 39 heavy (non-hydrogen) atoms. The van der Waals surface area contributed by atoms with Crippen molar-refractivity contribution < 1.29 is 14.3 Å². The molecular weight excluding hydrogens is 488 g/mol. The second kappa shape index (κ2) is 7.61. The van der Waals surface area contributed by atoms with E-state index in [4.69, 9.17) is 4.74 Å². The van der Waals surface area contributed by atoms with Crippen LogP contribution < -0.4 is 10.2 Å². The summed E-state index contributed by atoms with van der Waals surface area (Å²) in [6, 6.07) is 15.0. The zero-order valence-electron chi connectivity index (χ0n) is 22.6. The van der Waals surface area contributed by atoms with Gasteiger partial charge in [-0.15, -0.1) is 0 Å². The van der Waals surface area contributed by atoms with Crippen LogP contribution >= 0.6 is 0 Å². The lowest BCUT2D eigenvalue weighted by atomic mass is 9.50. The molecule has 3 saturated heterocycles. The molecule has 0 aliphatic carbocycles. The number of fused-ring (bicyclic) bond motifs is 1. The molecule has 7 heteroatoms. The van der Waals surface area contributed by atoms with Gasteiger partial charge in [0.05, 0.1) is 23.2 Å². The van der Waals surface area contributed by atoms with Gasteiger partial charge in [0.1, 0.15) is 12.3 Å². The molecule has 2 bridgehead atoms. The summed E-state index contributed by atoms with van der Waals surface area (Å²) in [7, 11) is 0. The average Bonchev–Trinajstić information content (AvgIpc) is 3.31. The first-order valence-corrected chi connectivity index (χ1v) is 14.2. The van der Waals surface area contributed by atoms with Crippen LogP contribution in [0.15, 0.2) is 66.8 Å². The van der Waals surface area contributed by atoms with Crippen molar-refractivity contribution in [1.82, 2.24) is 9.80 Å². The smallest absolute Gasteiger partial charge is 0.247 e. The van der Waals surface area contributed by atoms with E-state index in [0.29, 0.717) is 6.54 Å². The second-order valence-corrected chi connectivity index (χ2v) is 12.4. The van der Waals surface area contributed by atoms with Gasteiger partial charge in [-0.1, -0.05) is 48.6 Å². The highest BCUT2D eigenvalue weighted by molar-refractivity contribution is 5.91. The summed E-state index contributed by atoms with van der Waals surface area (Å²) in [5.74, 6) is 0.0377. The third-order valence-corrected chi connectivity index (χ3v) is 10.6. The number of piperidine rings is 1. The molecule has 1 N–H and O–H groups in total. The molecule has 6 aliphatic heterocycles. The minimum atomic E-state index is -0.377. The van der Waals surface area contributed by atoms with Crippen molar-refractivity contribution in [3.05, 3.63) is 83.5 Å². The SMILES string of the molecule is CC=C/C=C/C(=O)N1CC[C@@]23c4ccccc4N[C@@H]4N(C=O)c5cccc6c5[C@@]42CCN([C@@H]13)[C@@H]6[C@H]1OC1(C)C. The van der Waals surface area contributed by atoms with Crippen molar-refractivity contribution in [2.75, 3.05) is 23.3 Å². The molecule has 2 aromatic rings. The molecule has 7 nitrogen and oxygen atoms in total. The lowest BCUT2D eigenvalue weighted by Crippen LogP contribution is -2.73. The van der Waals surface area contributed by atoms with E-state index < -0.39 is 0 Å². The van der Waals surface area contributed by atoms with Gasteiger partial charge in [-0.3, -0.25) is 19.4 Å². The van der Waals surface area contributed by atoms with Crippen molar-refractivity contribution in [2.24, 2.45) is 0 Å². The Morgan fingerprint density at radius 3 is 2.62 bits per heavy atom. The lowest BCUT2D eigenvalue weighted by Gasteiger charge is -2.62. The Kier molecular flexibility index (Phi) is 4.58. The molecule has 8 rings (SSSR count). The second-order valence-electron chi connectivity index (χ2n) is 12.4. The molecular formula is C32H34N4O3. The number of benzene rings is 2. The molecule has 0 saturated carbocycles. The lowest BCUT2D eigenvalue weighted by molar-refractivity contribution is -0.137. The van der Waals surface area contributed by atoms with Gasteiger partial charge in [-0.05, 0) is 62.4 Å². The first-order valence-electron chi connectivity index (χ1n) is 14.2. The molecule has 3 fully saturated rings. The Balaban J connectivity index is 1.45. The van der Waals surface area contributed by atoms with Gasteiger partial charge in [-0.25, -0.2) is 0 Å². The number of allylic oxidation sites excluding steroid dienone is 3. The fourth-order valence-electron chi connectivity index (χ4n) is 9.22. The number of hydrogen-bond acceptors (Lipinski definition) is 5. The Morgan fingerprint density at radius 1 is 1.05 bits per heavy atom. The third-order valence-electron chi connectivity index (χ3n) is 10.6. The summed E-state index contributed by atoms with van der Waals surface area (Å²) in [5.41, 5.74) is 4.86. The molecule has 2 aromatic carbocycles. The van der Waals surface area contributed by atoms with Crippen LogP contribution in [0, 0.1) is 0 Å². The first kappa shape index (κ1) is 23.5. The third kappa shape index (κ3) is 2.61. The molecule has 7 atom stereocenters. The fraction of sp³-hybridized carbons (Fsp3) is 0.438. The van der Waals surface area contributed by atoms with Gasteiger partial charge in [0.25, 0.3) is 0 Å². The number of carbonyl (C=O) groups excluding carboxylic acids is 2. The number of nitrogens with one attached hydrogen (secondary N) is 1. The highest BCUT2D eigenvalue weighted by Crippen LogP contribution is 2.72. The van der Waals surface area contributed by atoms with Gasteiger partial charge in [0.2, 0.25) is 12.3 Å². The summed E-state index contributed by atoms with van der Waals surface area (Å²) in [6.07, 6.45) is 9.79. The number of nitrogens with zero attached hydrogens (tertiary/aromatic N) is 3. The van der Waals surface area contributed by atoms with Crippen LogP contribution in [-0.2, 0) is 25.2 Å². The Hall–Kier alpha value is -3.42. The van der Waals surface area contributed by atoms with Crippen molar-refractivity contribution in [2.45, 2.75) is 74.5 Å². The van der Waals surface area contributed by atoms with E-state index in [1.54, 1.807) is 6.08 Å². The van der Waals surface area contributed by atoms with E-state index in [1.807, 2.05) is 30.1 Å². The number of anilines is 2. The summed E-state index contributed by atoms with van der Waals surface area (Å²) >= 11 is 0. The molecule has 6 heterocycles. The van der Waals surface area contributed by atoms with Crippen LogP contribution in [0.3, 0.4) is 0 Å². The maximum Gasteiger partial charge on any atom is 0.247 e. The maximum absolute atomic E-state index is 13.9. The maximum atomic E-state index is 13.9. The van der Waals surface area contributed by atoms with Crippen LogP contribution in [0.2, 0.25) is 0 Å². The molecule has 200 valence electrons. The summed E-state index contributed by atoms with van der Waals surface area (Å²) < 4.78 is 6.39. The van der Waals surface area contributed by atoms with E-state index in [9.17, 15) is 9.59 Å². The van der Waals surface area contributed by atoms with Gasteiger partial charge in [0.15, 0.2) is 0 Å². The monoisotopic (exact) mass is 522 g/mol. The van der Waals surface area contributed by atoms with E-state index in [2.05, 4.69) is 71.4 Å². The largest absolute Gasteiger partial charge is 0.365 e. The summed E-state index contributed by atoms with van der Waals surface area (Å²) in [5, 5.41) is 3.83. The number of amides is 2. The number of rotatable bonds is 4. The minimum Gasteiger partial charge on any atom is -0.365 e. The van der Waals surface area contributed by atoms with Crippen molar-refractivity contribution in [1.29, 1.82) is 0 Å². The predicted molar refractivity (Wildman–Crippen MR) is 149 cm³/mol. The Morgan fingerprint density at radius 2 is 1.85 bits per heavy atom. The average molecular weight is 523 g/mol. The number of carbonyl (C=O) groups is 2. The van der Waals surface area contributed by atoms with Crippen LogP contribution in [0.5, 0.6) is 0 Å². The molecule has 2 amide bonds. The Bertz CT molecular complexity index is 1480. The number of hydrogen-bond donors (Lipinski definition) is 1. The van der Waals surface area contributed by atoms with Crippen LogP contribution in [-0.4, -0.2) is 59.2 Å². The van der Waals surface area contributed by atoms with Gasteiger partial charge < -0.3 is 15.0 Å². The number of ether oxygens (including phenoxy) is 1. The summed E-state index contributed by atoms with van der Waals surface area (Å²) in [6.45, 7) is 7.78. The standard InChI is InChI=1S/C32H34N4O3/c1-4-5-6-14-24(38)34-17-15-31-21-11-7-8-12-22(21)33-28-32(31)16-18-35(29(31)34)26(27-30(2,3)39-27)20-10-9-13-23(25(20)32)36(28)19-37/h4-14,19,26-29,33H,15-18H2,1-3H3/b5-4?,14-6+/t26-,27+,28+,29+,31-,32-/m0/s1. The number of para-hydroxylation sites is 1. The minimum absolute atomic E-state index is 0.00543. The topological polar surface area (TPSA) is 68.4 Å². The zero-order valence-corrected chi connectivity index (χ0v) is 22.6. The van der Waals surface area contributed by atoms with Crippen LogP contribution in [0.4, 0.5) is 11.4 Å². The quantitative estimate of drug-likeness (QED) is 0.282. The van der Waals surface area contributed by atoms with Crippen LogP contribution in [0.1, 0.15) is 56.3 Å². The van der Waals surface area contributed by atoms with Crippen molar-refractivity contribution in [3.8, 4) is 0 Å². The van der Waals surface area contributed by atoms with E-state index in [0.717, 1.165) is 37.2 Å². The van der Waals surface area contributed by atoms with Gasteiger partial charge in [0, 0.05) is 36.0 Å². The number of likely N-dealkylation sites (tertiary alicyclic amines) is 1. The van der Waals surface area contributed by atoms with Crippen molar-refractivity contribution in [3.63, 3.8) is 0 Å². The van der Waals surface area contributed by atoms with Gasteiger partial charge in [-0.2, -0.15) is 0 Å².